The summed E-state index contributed by atoms with van der Waals surface area (Å²) in [5.74, 6) is 1.78. The quantitative estimate of drug-likeness (QED) is 0.778. The number of rotatable bonds is 3. The van der Waals surface area contributed by atoms with Crippen LogP contribution in [-0.4, -0.2) is 19.8 Å². The van der Waals surface area contributed by atoms with E-state index >= 15 is 0 Å². The highest BCUT2D eigenvalue weighted by Gasteiger charge is 2.38. The molecule has 0 aromatic carbocycles. The van der Waals surface area contributed by atoms with Crippen LogP contribution < -0.4 is 5.73 Å². The summed E-state index contributed by atoms with van der Waals surface area (Å²) >= 11 is 0. The highest BCUT2D eigenvalue weighted by atomic mass is 16.5. The van der Waals surface area contributed by atoms with E-state index in [-0.39, 0.29) is 0 Å². The Hall–Kier alpha value is -0.0800. The molecular formula is C13H25NO. The first kappa shape index (κ1) is 11.4. The van der Waals surface area contributed by atoms with Crippen LogP contribution in [0.5, 0.6) is 0 Å². The van der Waals surface area contributed by atoms with Gasteiger partial charge in [-0.3, -0.25) is 0 Å². The fourth-order valence-electron chi connectivity index (χ4n) is 3.51. The fourth-order valence-corrected chi connectivity index (χ4v) is 3.51. The minimum absolute atomic E-state index is 0.488. The topological polar surface area (TPSA) is 35.2 Å². The Morgan fingerprint density at radius 1 is 1.27 bits per heavy atom. The highest BCUT2D eigenvalue weighted by Crippen LogP contribution is 2.46. The van der Waals surface area contributed by atoms with E-state index in [0.29, 0.717) is 5.41 Å². The molecule has 1 heterocycles. The van der Waals surface area contributed by atoms with Crippen LogP contribution in [0.1, 0.15) is 45.4 Å². The third-order valence-electron chi connectivity index (χ3n) is 4.44. The minimum atomic E-state index is 0.488. The first-order chi connectivity index (χ1) is 7.24. The van der Waals surface area contributed by atoms with Crippen LogP contribution >= 0.6 is 0 Å². The van der Waals surface area contributed by atoms with Gasteiger partial charge in [-0.25, -0.2) is 0 Å². The van der Waals surface area contributed by atoms with Crippen molar-refractivity contribution >= 4 is 0 Å². The van der Waals surface area contributed by atoms with Crippen molar-refractivity contribution in [3.8, 4) is 0 Å². The molecule has 15 heavy (non-hydrogen) atoms. The lowest BCUT2D eigenvalue weighted by Gasteiger charge is -2.34. The Kier molecular flexibility index (Phi) is 3.68. The molecule has 2 N–H and O–H groups in total. The molecule has 2 atom stereocenters. The van der Waals surface area contributed by atoms with E-state index in [0.717, 1.165) is 31.6 Å². The minimum Gasteiger partial charge on any atom is -0.381 e. The van der Waals surface area contributed by atoms with Gasteiger partial charge in [-0.1, -0.05) is 13.3 Å². The second-order valence-corrected chi connectivity index (χ2v) is 5.81. The van der Waals surface area contributed by atoms with Crippen molar-refractivity contribution in [1.82, 2.24) is 0 Å². The third-order valence-corrected chi connectivity index (χ3v) is 4.44. The van der Waals surface area contributed by atoms with E-state index in [1.165, 1.54) is 38.5 Å². The van der Waals surface area contributed by atoms with Crippen LogP contribution in [0.25, 0.3) is 0 Å². The van der Waals surface area contributed by atoms with Crippen molar-refractivity contribution in [3.05, 3.63) is 0 Å². The molecule has 2 fully saturated rings. The lowest BCUT2D eigenvalue weighted by atomic mass is 9.75. The number of nitrogens with two attached hydrogens (primary N) is 1. The van der Waals surface area contributed by atoms with Gasteiger partial charge in [0, 0.05) is 13.2 Å². The molecule has 0 amide bonds. The van der Waals surface area contributed by atoms with Gasteiger partial charge in [-0.2, -0.15) is 0 Å². The Bertz CT molecular complexity index is 201. The van der Waals surface area contributed by atoms with Gasteiger partial charge in [-0.05, 0) is 55.9 Å². The molecule has 0 aromatic rings. The first-order valence-corrected chi connectivity index (χ1v) is 6.52. The van der Waals surface area contributed by atoms with E-state index in [2.05, 4.69) is 6.92 Å². The zero-order valence-electron chi connectivity index (χ0n) is 10.0. The molecule has 2 unspecified atom stereocenters. The lowest BCUT2D eigenvalue weighted by molar-refractivity contribution is 0.0478. The maximum atomic E-state index is 6.02. The van der Waals surface area contributed by atoms with Crippen LogP contribution in [0.15, 0.2) is 0 Å². The van der Waals surface area contributed by atoms with Gasteiger partial charge in [-0.15, -0.1) is 0 Å². The second kappa shape index (κ2) is 4.84. The van der Waals surface area contributed by atoms with Crippen LogP contribution in [0.2, 0.25) is 0 Å². The molecule has 2 nitrogen and oxygen atoms in total. The van der Waals surface area contributed by atoms with Gasteiger partial charge in [0.2, 0.25) is 0 Å². The van der Waals surface area contributed by atoms with Crippen LogP contribution in [0, 0.1) is 17.3 Å². The average molecular weight is 211 g/mol. The van der Waals surface area contributed by atoms with Crippen LogP contribution in [-0.2, 0) is 4.74 Å². The van der Waals surface area contributed by atoms with Gasteiger partial charge in [0.15, 0.2) is 0 Å². The molecule has 0 bridgehead atoms. The number of hydrogen-bond donors (Lipinski definition) is 1. The molecule has 1 saturated carbocycles. The molecule has 0 radical (unpaired) electrons. The van der Waals surface area contributed by atoms with Crippen molar-refractivity contribution in [2.45, 2.75) is 45.4 Å². The van der Waals surface area contributed by atoms with E-state index in [1.807, 2.05) is 0 Å². The van der Waals surface area contributed by atoms with Gasteiger partial charge in [0.25, 0.3) is 0 Å². The zero-order valence-corrected chi connectivity index (χ0v) is 10.0. The summed E-state index contributed by atoms with van der Waals surface area (Å²) in [5.41, 5.74) is 6.50. The summed E-state index contributed by atoms with van der Waals surface area (Å²) in [4.78, 5) is 0. The summed E-state index contributed by atoms with van der Waals surface area (Å²) in [6.45, 7) is 5.22. The van der Waals surface area contributed by atoms with Gasteiger partial charge < -0.3 is 10.5 Å². The molecule has 1 saturated heterocycles. The van der Waals surface area contributed by atoms with E-state index < -0.39 is 0 Å². The molecule has 1 aliphatic carbocycles. The largest absolute Gasteiger partial charge is 0.381 e. The summed E-state index contributed by atoms with van der Waals surface area (Å²) in [5, 5.41) is 0. The van der Waals surface area contributed by atoms with Crippen molar-refractivity contribution in [1.29, 1.82) is 0 Å². The monoisotopic (exact) mass is 211 g/mol. The van der Waals surface area contributed by atoms with Crippen molar-refractivity contribution in [3.63, 3.8) is 0 Å². The van der Waals surface area contributed by atoms with Gasteiger partial charge >= 0.3 is 0 Å². The predicted molar refractivity (Wildman–Crippen MR) is 62.7 cm³/mol. The van der Waals surface area contributed by atoms with Crippen molar-refractivity contribution in [2.75, 3.05) is 19.8 Å². The molecule has 2 heteroatoms. The van der Waals surface area contributed by atoms with Gasteiger partial charge in [0.05, 0.1) is 0 Å². The Balaban J connectivity index is 1.89. The lowest BCUT2D eigenvalue weighted by Crippen LogP contribution is -2.32. The molecular weight excluding hydrogens is 186 g/mol. The Morgan fingerprint density at radius 2 is 2.00 bits per heavy atom. The Labute approximate surface area is 93.6 Å². The van der Waals surface area contributed by atoms with E-state index in [4.69, 9.17) is 10.5 Å². The van der Waals surface area contributed by atoms with Crippen LogP contribution in [0.4, 0.5) is 0 Å². The summed E-state index contributed by atoms with van der Waals surface area (Å²) in [7, 11) is 0. The summed E-state index contributed by atoms with van der Waals surface area (Å²) in [6, 6.07) is 0. The summed E-state index contributed by atoms with van der Waals surface area (Å²) in [6.07, 6.45) is 7.99. The van der Waals surface area contributed by atoms with E-state index in [9.17, 15) is 0 Å². The number of hydrogen-bond acceptors (Lipinski definition) is 2. The van der Waals surface area contributed by atoms with Gasteiger partial charge in [0.1, 0.15) is 0 Å². The standard InChI is InChI=1S/C13H25NO/c1-11-2-5-13(8-11,10-14)9-12-3-6-15-7-4-12/h11-12H,2-10,14H2,1H3. The second-order valence-electron chi connectivity index (χ2n) is 5.81. The first-order valence-electron chi connectivity index (χ1n) is 6.52. The average Bonchev–Trinajstić information content (AvgIpc) is 2.62. The normalized spacial score (nSPS) is 38.4. The zero-order chi connectivity index (χ0) is 10.7. The summed E-state index contributed by atoms with van der Waals surface area (Å²) < 4.78 is 5.42. The fraction of sp³-hybridized carbons (Fsp3) is 1.00. The maximum absolute atomic E-state index is 6.02. The smallest absolute Gasteiger partial charge is 0.0468 e. The molecule has 0 aromatic heterocycles. The molecule has 2 rings (SSSR count). The van der Waals surface area contributed by atoms with E-state index in [1.54, 1.807) is 0 Å². The highest BCUT2D eigenvalue weighted by molar-refractivity contribution is 4.90. The predicted octanol–water partition coefficient (Wildman–Crippen LogP) is 2.57. The molecule has 1 aliphatic heterocycles. The third kappa shape index (κ3) is 2.73. The van der Waals surface area contributed by atoms with Crippen molar-refractivity contribution < 1.29 is 4.74 Å². The molecule has 2 aliphatic rings. The SMILES string of the molecule is CC1CCC(CN)(CC2CCOCC2)C1. The van der Waals surface area contributed by atoms with Crippen molar-refractivity contribution in [2.24, 2.45) is 23.0 Å². The molecule has 88 valence electrons. The van der Waals surface area contributed by atoms with Crippen LogP contribution in [0.3, 0.4) is 0 Å². The Morgan fingerprint density at radius 3 is 2.53 bits per heavy atom. The maximum Gasteiger partial charge on any atom is 0.0468 e. The number of ether oxygens (including phenoxy) is 1. The molecule has 0 spiro atoms.